The second-order valence-electron chi connectivity index (χ2n) is 5.64. The van der Waals surface area contributed by atoms with E-state index in [4.69, 9.17) is 28.4 Å². The molecule has 0 aliphatic rings. The summed E-state index contributed by atoms with van der Waals surface area (Å²) in [5.74, 6) is 3.61. The van der Waals surface area contributed by atoms with Crippen LogP contribution < -0.4 is 28.4 Å². The van der Waals surface area contributed by atoms with Crippen LogP contribution in [0.4, 0.5) is 0 Å². The first-order valence-corrected chi connectivity index (χ1v) is 8.14. The summed E-state index contributed by atoms with van der Waals surface area (Å²) in [5.41, 5.74) is 2.02. The van der Waals surface area contributed by atoms with Crippen LogP contribution in [0.1, 0.15) is 24.0 Å². The van der Waals surface area contributed by atoms with E-state index in [1.807, 2.05) is 24.3 Å². The van der Waals surface area contributed by atoms with E-state index in [9.17, 15) is 0 Å². The van der Waals surface area contributed by atoms with Gasteiger partial charge in [-0.3, -0.25) is 0 Å². The van der Waals surface area contributed by atoms with Gasteiger partial charge in [-0.2, -0.15) is 0 Å². The molecule has 2 rings (SSSR count). The highest BCUT2D eigenvalue weighted by Crippen LogP contribution is 2.44. The summed E-state index contributed by atoms with van der Waals surface area (Å²) >= 11 is 0. The van der Waals surface area contributed by atoms with Crippen molar-refractivity contribution in [3.05, 3.63) is 35.4 Å². The van der Waals surface area contributed by atoms with Gasteiger partial charge >= 0.3 is 0 Å². The van der Waals surface area contributed by atoms with E-state index < -0.39 is 0 Å². The molecule has 0 radical (unpaired) electrons. The first-order valence-electron chi connectivity index (χ1n) is 8.14. The Hall–Kier alpha value is -2.76. The van der Waals surface area contributed by atoms with Crippen LogP contribution in [0.2, 0.25) is 0 Å². The molecule has 2 aromatic carbocycles. The van der Waals surface area contributed by atoms with Crippen LogP contribution in [0.3, 0.4) is 0 Å². The molecule has 6 heteroatoms. The van der Waals surface area contributed by atoms with Gasteiger partial charge in [-0.05, 0) is 35.4 Å². The van der Waals surface area contributed by atoms with Crippen LogP contribution in [0.5, 0.6) is 34.5 Å². The average Bonchev–Trinajstić information content (AvgIpc) is 2.70. The Morgan fingerprint density at radius 1 is 0.500 bits per heavy atom. The molecule has 0 saturated heterocycles. The molecule has 0 atom stereocenters. The fraction of sp³-hybridized carbons (Fsp3) is 0.400. The van der Waals surface area contributed by atoms with Crippen molar-refractivity contribution >= 4 is 0 Å². The van der Waals surface area contributed by atoms with E-state index in [0.29, 0.717) is 34.5 Å². The van der Waals surface area contributed by atoms with Crippen molar-refractivity contribution < 1.29 is 28.4 Å². The maximum atomic E-state index is 5.46. The van der Waals surface area contributed by atoms with Gasteiger partial charge in [0.1, 0.15) is 0 Å². The summed E-state index contributed by atoms with van der Waals surface area (Å²) < 4.78 is 32.6. The van der Waals surface area contributed by atoms with E-state index in [1.165, 1.54) is 0 Å². The van der Waals surface area contributed by atoms with Crippen LogP contribution in [0, 0.1) is 0 Å². The van der Waals surface area contributed by atoms with Crippen molar-refractivity contribution in [3.63, 3.8) is 0 Å². The topological polar surface area (TPSA) is 55.4 Å². The standard InChI is InChI=1S/C20H26O6/c1-12(13-8-15(21-2)19(25-6)16(9-13)22-3)14-10-17(23-4)20(26-7)18(11-14)24-5/h8-12H,1-7H3. The van der Waals surface area contributed by atoms with Crippen molar-refractivity contribution in [3.8, 4) is 34.5 Å². The summed E-state index contributed by atoms with van der Waals surface area (Å²) in [6.45, 7) is 2.08. The first kappa shape index (κ1) is 19.6. The lowest BCUT2D eigenvalue weighted by Crippen LogP contribution is -2.03. The largest absolute Gasteiger partial charge is 0.493 e. The molecular formula is C20H26O6. The van der Waals surface area contributed by atoms with Crippen molar-refractivity contribution in [2.24, 2.45) is 0 Å². The molecule has 2 aromatic rings. The second kappa shape index (κ2) is 8.56. The van der Waals surface area contributed by atoms with Crippen molar-refractivity contribution in [2.45, 2.75) is 12.8 Å². The van der Waals surface area contributed by atoms with E-state index in [1.54, 1.807) is 42.7 Å². The van der Waals surface area contributed by atoms with Crippen molar-refractivity contribution in [1.82, 2.24) is 0 Å². The third kappa shape index (κ3) is 3.59. The van der Waals surface area contributed by atoms with Gasteiger partial charge in [-0.25, -0.2) is 0 Å². The Morgan fingerprint density at radius 2 is 0.769 bits per heavy atom. The quantitative estimate of drug-likeness (QED) is 0.710. The number of benzene rings is 2. The molecular weight excluding hydrogens is 336 g/mol. The third-order valence-corrected chi connectivity index (χ3v) is 4.37. The first-order chi connectivity index (χ1) is 12.5. The number of rotatable bonds is 8. The third-order valence-electron chi connectivity index (χ3n) is 4.37. The minimum Gasteiger partial charge on any atom is -0.493 e. The number of hydrogen-bond donors (Lipinski definition) is 0. The van der Waals surface area contributed by atoms with Gasteiger partial charge in [0.25, 0.3) is 0 Å². The zero-order valence-corrected chi connectivity index (χ0v) is 16.3. The van der Waals surface area contributed by atoms with E-state index in [-0.39, 0.29) is 5.92 Å². The van der Waals surface area contributed by atoms with Gasteiger partial charge in [0.15, 0.2) is 23.0 Å². The molecule has 0 aliphatic heterocycles. The average molecular weight is 362 g/mol. The molecule has 0 spiro atoms. The zero-order chi connectivity index (χ0) is 19.3. The number of ether oxygens (including phenoxy) is 6. The minimum absolute atomic E-state index is 0.0254. The smallest absolute Gasteiger partial charge is 0.203 e. The molecule has 0 amide bonds. The van der Waals surface area contributed by atoms with Gasteiger partial charge in [-0.15, -0.1) is 0 Å². The van der Waals surface area contributed by atoms with Gasteiger partial charge in [0.05, 0.1) is 42.7 Å². The Labute approximate surface area is 154 Å². The van der Waals surface area contributed by atoms with Crippen LogP contribution >= 0.6 is 0 Å². The molecule has 0 heterocycles. The highest BCUT2D eigenvalue weighted by molar-refractivity contribution is 5.58. The molecule has 0 N–H and O–H groups in total. The Morgan fingerprint density at radius 3 is 0.962 bits per heavy atom. The fourth-order valence-corrected chi connectivity index (χ4v) is 2.90. The summed E-state index contributed by atoms with van der Waals surface area (Å²) in [4.78, 5) is 0. The van der Waals surface area contributed by atoms with Crippen LogP contribution in [-0.2, 0) is 0 Å². The summed E-state index contributed by atoms with van der Waals surface area (Å²) in [5, 5.41) is 0. The molecule has 142 valence electrons. The maximum absolute atomic E-state index is 5.46. The summed E-state index contributed by atoms with van der Waals surface area (Å²) in [6, 6.07) is 7.76. The minimum atomic E-state index is 0.0254. The van der Waals surface area contributed by atoms with Crippen LogP contribution in [-0.4, -0.2) is 42.7 Å². The van der Waals surface area contributed by atoms with Gasteiger partial charge in [-0.1, -0.05) is 6.92 Å². The Balaban J connectivity index is 2.57. The second-order valence-corrected chi connectivity index (χ2v) is 5.64. The molecule has 0 aromatic heterocycles. The molecule has 6 nitrogen and oxygen atoms in total. The van der Waals surface area contributed by atoms with Gasteiger partial charge < -0.3 is 28.4 Å². The summed E-state index contributed by atoms with van der Waals surface area (Å²) in [7, 11) is 9.58. The van der Waals surface area contributed by atoms with Gasteiger partial charge in [0.2, 0.25) is 11.5 Å². The molecule has 0 bridgehead atoms. The maximum Gasteiger partial charge on any atom is 0.203 e. The normalized spacial score (nSPS) is 10.5. The highest BCUT2D eigenvalue weighted by Gasteiger charge is 2.20. The van der Waals surface area contributed by atoms with Crippen molar-refractivity contribution in [2.75, 3.05) is 42.7 Å². The summed E-state index contributed by atoms with van der Waals surface area (Å²) in [6.07, 6.45) is 0. The zero-order valence-electron chi connectivity index (χ0n) is 16.3. The SMILES string of the molecule is COc1cc(C(C)c2cc(OC)c(OC)c(OC)c2)cc(OC)c1OC. The monoisotopic (exact) mass is 362 g/mol. The lowest BCUT2D eigenvalue weighted by atomic mass is 9.92. The van der Waals surface area contributed by atoms with Crippen molar-refractivity contribution in [1.29, 1.82) is 0 Å². The van der Waals surface area contributed by atoms with Crippen LogP contribution in [0.25, 0.3) is 0 Å². The Bertz CT molecular complexity index is 642. The number of hydrogen-bond acceptors (Lipinski definition) is 6. The molecule has 0 fully saturated rings. The highest BCUT2D eigenvalue weighted by atomic mass is 16.5. The lowest BCUT2D eigenvalue weighted by molar-refractivity contribution is 0.322. The molecule has 26 heavy (non-hydrogen) atoms. The van der Waals surface area contributed by atoms with E-state index in [2.05, 4.69) is 6.92 Å². The number of methoxy groups -OCH3 is 6. The molecule has 0 saturated carbocycles. The molecule has 0 unspecified atom stereocenters. The van der Waals surface area contributed by atoms with Gasteiger partial charge in [0, 0.05) is 5.92 Å². The predicted molar refractivity (Wildman–Crippen MR) is 99.7 cm³/mol. The van der Waals surface area contributed by atoms with E-state index >= 15 is 0 Å². The molecule has 0 aliphatic carbocycles. The fourth-order valence-electron chi connectivity index (χ4n) is 2.90. The lowest BCUT2D eigenvalue weighted by Gasteiger charge is -2.20. The Kier molecular flexibility index (Phi) is 6.44. The predicted octanol–water partition coefficient (Wildman–Crippen LogP) is 3.89. The van der Waals surface area contributed by atoms with Crippen LogP contribution in [0.15, 0.2) is 24.3 Å². The van der Waals surface area contributed by atoms with E-state index in [0.717, 1.165) is 11.1 Å².